The van der Waals surface area contributed by atoms with Crippen molar-refractivity contribution in [3.05, 3.63) is 12.1 Å². The molecule has 78 valence electrons. The maximum Gasteiger partial charge on any atom is 0.164 e. The fourth-order valence-electron chi connectivity index (χ4n) is 1.16. The van der Waals surface area contributed by atoms with Gasteiger partial charge in [-0.1, -0.05) is 0 Å². The molecule has 0 aliphatic carbocycles. The van der Waals surface area contributed by atoms with E-state index in [0.717, 1.165) is 0 Å². The van der Waals surface area contributed by atoms with Gasteiger partial charge in [0.05, 0.1) is 28.4 Å². The Hall–Kier alpha value is -1.58. The normalized spacial score (nSPS) is 9.43. The van der Waals surface area contributed by atoms with E-state index in [1.54, 1.807) is 40.6 Å². The minimum absolute atomic E-state index is 0.616. The van der Waals surface area contributed by atoms with Crippen LogP contribution in [0.15, 0.2) is 12.1 Å². The predicted octanol–water partition coefficient (Wildman–Crippen LogP) is 1.72. The number of hydrogen-bond acceptors (Lipinski definition) is 4. The number of benzene rings is 1. The molecule has 0 aliphatic heterocycles. The molecular formula is C10H14O4. The van der Waals surface area contributed by atoms with Crippen molar-refractivity contribution in [2.45, 2.75) is 0 Å². The maximum absolute atomic E-state index is 5.12. The summed E-state index contributed by atoms with van der Waals surface area (Å²) in [4.78, 5) is 0. The standard InChI is InChI=1S/C10H14O4/c1-11-7-5-9(13-3)10(14-4)6-8(7)12-2/h5-6H,1-4H3. The van der Waals surface area contributed by atoms with Crippen LogP contribution in [0.3, 0.4) is 0 Å². The van der Waals surface area contributed by atoms with Crippen LogP contribution in [0.1, 0.15) is 0 Å². The average Bonchev–Trinajstić information content (AvgIpc) is 2.26. The lowest BCUT2D eigenvalue weighted by Gasteiger charge is -2.12. The second-order valence-corrected chi connectivity index (χ2v) is 2.56. The SMILES string of the molecule is COc1cc(OC)c(OC)cc1OC. The van der Waals surface area contributed by atoms with Crippen LogP contribution in [-0.2, 0) is 0 Å². The first-order chi connectivity index (χ1) is 6.76. The molecule has 0 fully saturated rings. The summed E-state index contributed by atoms with van der Waals surface area (Å²) in [6.45, 7) is 0. The van der Waals surface area contributed by atoms with Crippen molar-refractivity contribution >= 4 is 0 Å². The molecule has 0 unspecified atom stereocenters. The van der Waals surface area contributed by atoms with Gasteiger partial charge in [0.15, 0.2) is 23.0 Å². The number of methoxy groups -OCH3 is 4. The molecule has 1 aromatic carbocycles. The van der Waals surface area contributed by atoms with Crippen molar-refractivity contribution in [2.24, 2.45) is 0 Å². The van der Waals surface area contributed by atoms with Crippen molar-refractivity contribution < 1.29 is 18.9 Å². The highest BCUT2D eigenvalue weighted by Crippen LogP contribution is 2.38. The van der Waals surface area contributed by atoms with Crippen LogP contribution in [0.5, 0.6) is 23.0 Å². The molecule has 0 bridgehead atoms. The van der Waals surface area contributed by atoms with Crippen LogP contribution in [-0.4, -0.2) is 28.4 Å². The summed E-state index contributed by atoms with van der Waals surface area (Å²) in [7, 11) is 6.29. The zero-order valence-electron chi connectivity index (χ0n) is 8.79. The Morgan fingerprint density at radius 1 is 0.571 bits per heavy atom. The molecule has 0 spiro atoms. The zero-order chi connectivity index (χ0) is 10.6. The molecule has 1 aromatic rings. The zero-order valence-corrected chi connectivity index (χ0v) is 8.79. The topological polar surface area (TPSA) is 36.9 Å². The van der Waals surface area contributed by atoms with Crippen molar-refractivity contribution in [2.75, 3.05) is 28.4 Å². The van der Waals surface area contributed by atoms with Gasteiger partial charge >= 0.3 is 0 Å². The Kier molecular flexibility index (Phi) is 3.45. The molecular weight excluding hydrogens is 184 g/mol. The highest BCUT2D eigenvalue weighted by Gasteiger charge is 2.11. The van der Waals surface area contributed by atoms with Gasteiger partial charge in [0.1, 0.15) is 0 Å². The summed E-state index contributed by atoms with van der Waals surface area (Å²) in [6.07, 6.45) is 0. The Morgan fingerprint density at radius 3 is 0.929 bits per heavy atom. The number of ether oxygens (including phenoxy) is 4. The van der Waals surface area contributed by atoms with E-state index in [-0.39, 0.29) is 0 Å². The smallest absolute Gasteiger partial charge is 0.164 e. The van der Waals surface area contributed by atoms with Crippen molar-refractivity contribution in [1.29, 1.82) is 0 Å². The van der Waals surface area contributed by atoms with Gasteiger partial charge in [0.2, 0.25) is 0 Å². The largest absolute Gasteiger partial charge is 0.493 e. The third kappa shape index (κ3) is 1.84. The summed E-state index contributed by atoms with van der Waals surface area (Å²) in [5.74, 6) is 2.46. The third-order valence-electron chi connectivity index (χ3n) is 1.89. The van der Waals surface area contributed by atoms with E-state index in [2.05, 4.69) is 0 Å². The summed E-state index contributed by atoms with van der Waals surface area (Å²) in [6, 6.07) is 3.44. The molecule has 1 rings (SSSR count). The number of rotatable bonds is 4. The highest BCUT2D eigenvalue weighted by atomic mass is 16.5. The molecule has 4 nitrogen and oxygen atoms in total. The van der Waals surface area contributed by atoms with Gasteiger partial charge < -0.3 is 18.9 Å². The lowest BCUT2D eigenvalue weighted by atomic mass is 10.2. The summed E-state index contributed by atoms with van der Waals surface area (Å²) in [5.41, 5.74) is 0. The van der Waals surface area contributed by atoms with E-state index in [9.17, 15) is 0 Å². The Bertz CT molecular complexity index is 251. The van der Waals surface area contributed by atoms with Crippen molar-refractivity contribution in [1.82, 2.24) is 0 Å². The van der Waals surface area contributed by atoms with E-state index in [1.807, 2.05) is 0 Å². The Balaban J connectivity index is 3.20. The summed E-state index contributed by atoms with van der Waals surface area (Å²) in [5, 5.41) is 0. The highest BCUT2D eigenvalue weighted by molar-refractivity contribution is 5.54. The molecule has 0 amide bonds. The van der Waals surface area contributed by atoms with Crippen LogP contribution in [0, 0.1) is 0 Å². The minimum Gasteiger partial charge on any atom is -0.493 e. The minimum atomic E-state index is 0.616. The van der Waals surface area contributed by atoms with E-state index in [1.165, 1.54) is 0 Å². The maximum atomic E-state index is 5.12. The van der Waals surface area contributed by atoms with E-state index in [0.29, 0.717) is 23.0 Å². The van der Waals surface area contributed by atoms with Gasteiger partial charge in [-0.3, -0.25) is 0 Å². The molecule has 0 heterocycles. The predicted molar refractivity (Wildman–Crippen MR) is 52.7 cm³/mol. The lowest BCUT2D eigenvalue weighted by Crippen LogP contribution is -1.95. The van der Waals surface area contributed by atoms with Crippen LogP contribution in [0.2, 0.25) is 0 Å². The third-order valence-corrected chi connectivity index (χ3v) is 1.89. The fourth-order valence-corrected chi connectivity index (χ4v) is 1.16. The van der Waals surface area contributed by atoms with Crippen LogP contribution >= 0.6 is 0 Å². The first kappa shape index (κ1) is 10.5. The lowest BCUT2D eigenvalue weighted by molar-refractivity contribution is 0.329. The number of hydrogen-bond donors (Lipinski definition) is 0. The van der Waals surface area contributed by atoms with Gasteiger partial charge in [0.25, 0.3) is 0 Å². The molecule has 4 heteroatoms. The Morgan fingerprint density at radius 2 is 0.786 bits per heavy atom. The first-order valence-corrected chi connectivity index (χ1v) is 4.10. The monoisotopic (exact) mass is 198 g/mol. The van der Waals surface area contributed by atoms with Gasteiger partial charge in [-0.25, -0.2) is 0 Å². The van der Waals surface area contributed by atoms with E-state index >= 15 is 0 Å². The van der Waals surface area contributed by atoms with Crippen molar-refractivity contribution in [3.63, 3.8) is 0 Å². The van der Waals surface area contributed by atoms with Crippen LogP contribution in [0.4, 0.5) is 0 Å². The molecule has 0 N–H and O–H groups in total. The average molecular weight is 198 g/mol. The fraction of sp³-hybridized carbons (Fsp3) is 0.400. The van der Waals surface area contributed by atoms with Gasteiger partial charge in [0, 0.05) is 12.1 Å². The summed E-state index contributed by atoms with van der Waals surface area (Å²) < 4.78 is 20.5. The van der Waals surface area contributed by atoms with Crippen LogP contribution < -0.4 is 18.9 Å². The quantitative estimate of drug-likeness (QED) is 0.738. The Labute approximate surface area is 83.3 Å². The molecule has 0 radical (unpaired) electrons. The second kappa shape index (κ2) is 4.60. The second-order valence-electron chi connectivity index (χ2n) is 2.56. The van der Waals surface area contributed by atoms with E-state index < -0.39 is 0 Å². The molecule has 0 atom stereocenters. The molecule has 0 saturated heterocycles. The van der Waals surface area contributed by atoms with Crippen LogP contribution in [0.25, 0.3) is 0 Å². The molecule has 0 aliphatic rings. The molecule has 0 aromatic heterocycles. The summed E-state index contributed by atoms with van der Waals surface area (Å²) >= 11 is 0. The van der Waals surface area contributed by atoms with Gasteiger partial charge in [-0.2, -0.15) is 0 Å². The first-order valence-electron chi connectivity index (χ1n) is 4.10. The molecule has 14 heavy (non-hydrogen) atoms. The molecule has 0 saturated carbocycles. The van der Waals surface area contributed by atoms with E-state index in [4.69, 9.17) is 18.9 Å². The van der Waals surface area contributed by atoms with Gasteiger partial charge in [-0.05, 0) is 0 Å². The van der Waals surface area contributed by atoms with Crippen molar-refractivity contribution in [3.8, 4) is 23.0 Å². The van der Waals surface area contributed by atoms with Gasteiger partial charge in [-0.15, -0.1) is 0 Å².